The quantitative estimate of drug-likeness (QED) is 0.595. The lowest BCUT2D eigenvalue weighted by Crippen LogP contribution is -2.17. The highest BCUT2D eigenvalue weighted by Crippen LogP contribution is 2.39. The Morgan fingerprint density at radius 3 is 2.47 bits per heavy atom. The van der Waals surface area contributed by atoms with Crippen molar-refractivity contribution in [3.05, 3.63) is 48.0 Å². The predicted molar refractivity (Wildman–Crippen MR) is 119 cm³/mol. The van der Waals surface area contributed by atoms with Gasteiger partial charge < -0.3 is 14.8 Å². The maximum absolute atomic E-state index is 11.9. The number of carbonyl (C=O) groups excluding carboxylic acids is 2. The molecule has 0 aromatic heterocycles. The van der Waals surface area contributed by atoms with Crippen LogP contribution < -0.4 is 10.1 Å². The van der Waals surface area contributed by atoms with Crippen LogP contribution in [0.4, 0.5) is 5.69 Å². The Bertz CT molecular complexity index is 857. The Kier molecular flexibility index (Phi) is 7.89. The van der Waals surface area contributed by atoms with E-state index in [1.165, 1.54) is 46.1 Å². The van der Waals surface area contributed by atoms with E-state index < -0.39 is 0 Å². The molecule has 1 saturated carbocycles. The smallest absolute Gasteiger partial charge is 0.305 e. The van der Waals surface area contributed by atoms with Gasteiger partial charge >= 0.3 is 5.97 Å². The van der Waals surface area contributed by atoms with Crippen molar-refractivity contribution in [2.45, 2.75) is 51.9 Å². The van der Waals surface area contributed by atoms with E-state index in [1.54, 1.807) is 0 Å². The van der Waals surface area contributed by atoms with E-state index in [2.05, 4.69) is 11.4 Å². The molecule has 0 heterocycles. The molecule has 0 unspecified atom stereocenters. The van der Waals surface area contributed by atoms with Gasteiger partial charge in [-0.2, -0.15) is 0 Å². The molecule has 1 fully saturated rings. The van der Waals surface area contributed by atoms with Crippen molar-refractivity contribution in [1.82, 2.24) is 0 Å². The van der Waals surface area contributed by atoms with Crippen LogP contribution in [0.1, 0.15) is 51.0 Å². The fourth-order valence-electron chi connectivity index (χ4n) is 4.01. The summed E-state index contributed by atoms with van der Waals surface area (Å²) in [5.41, 5.74) is 3.55. The largest absolute Gasteiger partial charge is 0.490 e. The van der Waals surface area contributed by atoms with Gasteiger partial charge in [0.25, 0.3) is 0 Å². The van der Waals surface area contributed by atoms with Crippen molar-refractivity contribution in [2.24, 2.45) is 5.92 Å². The second kappa shape index (κ2) is 10.8. The zero-order valence-corrected chi connectivity index (χ0v) is 17.9. The normalized spacial score (nSPS) is 14.2. The fraction of sp³-hybridized carbons (Fsp3) is 0.440. The number of rotatable bonds is 8. The summed E-state index contributed by atoms with van der Waals surface area (Å²) in [7, 11) is 1.39. The van der Waals surface area contributed by atoms with Crippen molar-refractivity contribution in [3.63, 3.8) is 0 Å². The molecule has 30 heavy (non-hydrogen) atoms. The van der Waals surface area contributed by atoms with Gasteiger partial charge in [0.15, 0.2) is 5.75 Å². The summed E-state index contributed by atoms with van der Waals surface area (Å²) in [6.07, 6.45) is 7.00. The molecule has 1 aliphatic rings. The fourth-order valence-corrected chi connectivity index (χ4v) is 4.01. The second-order valence-corrected chi connectivity index (χ2v) is 7.96. The molecule has 0 spiro atoms. The van der Waals surface area contributed by atoms with Gasteiger partial charge in [-0.15, -0.1) is 0 Å². The maximum atomic E-state index is 11.9. The summed E-state index contributed by atoms with van der Waals surface area (Å²) in [5.74, 6) is 0.840. The number of hydrogen-bond acceptors (Lipinski definition) is 4. The third kappa shape index (κ3) is 6.09. The summed E-state index contributed by atoms with van der Waals surface area (Å²) in [5, 5.41) is 2.93. The standard InChI is InChI=1S/C25H31NO4/c1-18(27)26-23-16-20(13-14-24(28)29-2)15-22(21-11-7-4-8-12-21)25(23)30-17-19-9-5-3-6-10-19/h4,7-8,11-12,15-16,19H,3,5-6,9-10,13-14,17H2,1-2H3,(H,26,27). The van der Waals surface area contributed by atoms with Gasteiger partial charge in [-0.25, -0.2) is 0 Å². The number of aryl methyl sites for hydroxylation is 1. The zero-order chi connectivity index (χ0) is 21.3. The number of ether oxygens (including phenoxy) is 2. The van der Waals surface area contributed by atoms with Gasteiger partial charge in [0.1, 0.15) is 0 Å². The third-order valence-corrected chi connectivity index (χ3v) is 5.58. The van der Waals surface area contributed by atoms with Gasteiger partial charge in [0.2, 0.25) is 5.91 Å². The Morgan fingerprint density at radius 1 is 1.07 bits per heavy atom. The minimum atomic E-state index is -0.255. The lowest BCUT2D eigenvalue weighted by Gasteiger charge is -2.24. The topological polar surface area (TPSA) is 64.6 Å². The van der Waals surface area contributed by atoms with E-state index in [-0.39, 0.29) is 18.3 Å². The van der Waals surface area contributed by atoms with E-state index in [0.29, 0.717) is 30.4 Å². The molecule has 1 amide bonds. The first-order valence-electron chi connectivity index (χ1n) is 10.8. The zero-order valence-electron chi connectivity index (χ0n) is 17.9. The van der Waals surface area contributed by atoms with Crippen molar-refractivity contribution in [1.29, 1.82) is 0 Å². The molecule has 0 radical (unpaired) electrons. The lowest BCUT2D eigenvalue weighted by molar-refractivity contribution is -0.140. The molecule has 0 bridgehead atoms. The molecule has 2 aromatic carbocycles. The molecule has 0 aliphatic heterocycles. The van der Waals surface area contributed by atoms with E-state index in [9.17, 15) is 9.59 Å². The highest BCUT2D eigenvalue weighted by molar-refractivity contribution is 5.93. The number of benzene rings is 2. The van der Waals surface area contributed by atoms with Gasteiger partial charge in [0.05, 0.1) is 19.4 Å². The molecule has 0 atom stereocenters. The van der Waals surface area contributed by atoms with Gasteiger partial charge in [-0.05, 0) is 48.4 Å². The first-order valence-corrected chi connectivity index (χ1v) is 10.8. The maximum Gasteiger partial charge on any atom is 0.305 e. The van der Waals surface area contributed by atoms with Gasteiger partial charge in [0, 0.05) is 18.9 Å². The highest BCUT2D eigenvalue weighted by Gasteiger charge is 2.19. The summed E-state index contributed by atoms with van der Waals surface area (Å²) in [6, 6.07) is 14.0. The Labute approximate surface area is 178 Å². The average Bonchev–Trinajstić information content (AvgIpc) is 2.77. The van der Waals surface area contributed by atoms with E-state index >= 15 is 0 Å². The molecule has 3 rings (SSSR count). The van der Waals surface area contributed by atoms with Crippen molar-refractivity contribution in [2.75, 3.05) is 19.0 Å². The monoisotopic (exact) mass is 409 g/mol. The predicted octanol–water partition coefficient (Wildman–Crippen LogP) is 5.38. The number of carbonyl (C=O) groups is 2. The summed E-state index contributed by atoms with van der Waals surface area (Å²) < 4.78 is 11.1. The van der Waals surface area contributed by atoms with Crippen LogP contribution in [0.5, 0.6) is 5.75 Å². The number of anilines is 1. The van der Waals surface area contributed by atoms with Crippen LogP contribution >= 0.6 is 0 Å². The first kappa shape index (κ1) is 21.9. The number of esters is 1. The van der Waals surface area contributed by atoms with E-state index in [4.69, 9.17) is 9.47 Å². The van der Waals surface area contributed by atoms with Crippen LogP contribution in [0.2, 0.25) is 0 Å². The third-order valence-electron chi connectivity index (χ3n) is 5.58. The summed E-state index contributed by atoms with van der Waals surface area (Å²) in [4.78, 5) is 23.5. The van der Waals surface area contributed by atoms with Crippen LogP contribution in [0.25, 0.3) is 11.1 Å². The average molecular weight is 410 g/mol. The highest BCUT2D eigenvalue weighted by atomic mass is 16.5. The van der Waals surface area contributed by atoms with Crippen LogP contribution in [-0.4, -0.2) is 25.6 Å². The molecule has 1 N–H and O–H groups in total. The molecular weight excluding hydrogens is 378 g/mol. The molecule has 5 nitrogen and oxygen atoms in total. The van der Waals surface area contributed by atoms with Crippen LogP contribution in [0.3, 0.4) is 0 Å². The van der Waals surface area contributed by atoms with Crippen LogP contribution in [-0.2, 0) is 20.7 Å². The number of hydrogen-bond donors (Lipinski definition) is 1. The minimum Gasteiger partial charge on any atom is -0.490 e. The van der Waals surface area contributed by atoms with Crippen LogP contribution in [0.15, 0.2) is 42.5 Å². The van der Waals surface area contributed by atoms with Crippen molar-refractivity contribution in [3.8, 4) is 16.9 Å². The molecule has 5 heteroatoms. The SMILES string of the molecule is COC(=O)CCc1cc(NC(C)=O)c(OCC2CCCCC2)c(-c2ccccc2)c1. The van der Waals surface area contributed by atoms with Crippen molar-refractivity contribution < 1.29 is 19.1 Å². The molecule has 160 valence electrons. The van der Waals surface area contributed by atoms with Crippen LogP contribution in [0, 0.1) is 5.92 Å². The number of methoxy groups -OCH3 is 1. The number of nitrogens with one attached hydrogen (secondary N) is 1. The van der Waals surface area contributed by atoms with Crippen molar-refractivity contribution >= 4 is 17.6 Å². The molecule has 1 aliphatic carbocycles. The molecular formula is C25H31NO4. The lowest BCUT2D eigenvalue weighted by atomic mass is 9.90. The molecule has 2 aromatic rings. The molecule has 0 saturated heterocycles. The second-order valence-electron chi connectivity index (χ2n) is 7.96. The minimum absolute atomic E-state index is 0.151. The van der Waals surface area contributed by atoms with E-state index in [0.717, 1.165) is 16.7 Å². The van der Waals surface area contributed by atoms with E-state index in [1.807, 2.05) is 36.4 Å². The Hall–Kier alpha value is -2.82. The number of amides is 1. The Balaban J connectivity index is 1.96. The summed E-state index contributed by atoms with van der Waals surface area (Å²) in [6.45, 7) is 2.14. The first-order chi connectivity index (χ1) is 14.6. The van der Waals surface area contributed by atoms with Gasteiger partial charge in [-0.3, -0.25) is 9.59 Å². The van der Waals surface area contributed by atoms with Gasteiger partial charge in [-0.1, -0.05) is 49.6 Å². The summed E-state index contributed by atoms with van der Waals surface area (Å²) >= 11 is 0. The Morgan fingerprint density at radius 2 is 1.80 bits per heavy atom.